The van der Waals surface area contributed by atoms with E-state index < -0.39 is 0 Å². The monoisotopic (exact) mass is 536 g/mol. The van der Waals surface area contributed by atoms with Gasteiger partial charge in [-0.1, -0.05) is 79.2 Å². The molecule has 1 saturated heterocycles. The van der Waals surface area contributed by atoms with Crippen molar-refractivity contribution < 1.29 is 9.53 Å². The normalized spacial score (nSPS) is 13.2. The Labute approximate surface area is 230 Å². The number of nitrogens with zero attached hydrogens (tertiary/aromatic N) is 2. The highest BCUT2D eigenvalue weighted by Gasteiger charge is 2.31. The summed E-state index contributed by atoms with van der Waals surface area (Å²) in [5.41, 5.74) is 3.81. The smallest absolute Gasteiger partial charge is 0.253 e. The van der Waals surface area contributed by atoms with Crippen LogP contribution in [0.1, 0.15) is 47.7 Å². The second kappa shape index (κ2) is 13.0. The summed E-state index contributed by atoms with van der Waals surface area (Å²) >= 11 is 12.5. The average molecular weight is 538 g/mol. The third kappa shape index (κ3) is 7.30. The number of benzene rings is 3. The predicted octanol–water partition coefficient (Wildman–Crippen LogP) is 7.81. The summed E-state index contributed by atoms with van der Waals surface area (Å²) in [6, 6.07) is 23.1. The zero-order valence-corrected chi connectivity index (χ0v) is 22.8. The molecule has 0 N–H and O–H groups in total. The molecule has 1 aliphatic heterocycles. The van der Waals surface area contributed by atoms with Crippen molar-refractivity contribution in [1.82, 2.24) is 9.80 Å². The van der Waals surface area contributed by atoms with Gasteiger partial charge in [-0.05, 0) is 66.6 Å². The van der Waals surface area contributed by atoms with E-state index in [1.54, 1.807) is 18.2 Å². The molecule has 3 aromatic carbocycles. The summed E-state index contributed by atoms with van der Waals surface area (Å²) < 4.78 is 5.83. The van der Waals surface area contributed by atoms with Crippen molar-refractivity contribution in [3.8, 4) is 5.75 Å². The highest BCUT2D eigenvalue weighted by atomic mass is 35.5. The molecule has 1 heterocycles. The van der Waals surface area contributed by atoms with Gasteiger partial charge in [0.25, 0.3) is 5.91 Å². The SMILES string of the molecule is C=C(c1ccccc1)N(CCC)CCCC1CN(C(=O)c2ccc(OCc3cccc(Cl)c3)c(Cl)c2)C1. The molecular formula is C31H34Cl2N2O2. The minimum atomic E-state index is 0.0182. The average Bonchev–Trinajstić information content (AvgIpc) is 2.88. The van der Waals surface area contributed by atoms with Crippen LogP contribution in [0.25, 0.3) is 5.70 Å². The Morgan fingerprint density at radius 3 is 2.49 bits per heavy atom. The van der Waals surface area contributed by atoms with Crippen LogP contribution < -0.4 is 4.74 Å². The molecule has 0 aromatic heterocycles. The first-order valence-corrected chi connectivity index (χ1v) is 13.7. The minimum Gasteiger partial charge on any atom is -0.487 e. The van der Waals surface area contributed by atoms with Crippen molar-refractivity contribution >= 4 is 34.8 Å². The molecule has 6 heteroatoms. The second-order valence-corrected chi connectivity index (χ2v) is 10.4. The maximum absolute atomic E-state index is 13.0. The van der Waals surface area contributed by atoms with Crippen LogP contribution in [-0.4, -0.2) is 41.9 Å². The molecule has 0 bridgehead atoms. The van der Waals surface area contributed by atoms with Gasteiger partial charge in [0.15, 0.2) is 0 Å². The molecule has 0 aliphatic carbocycles. The van der Waals surface area contributed by atoms with Gasteiger partial charge in [-0.2, -0.15) is 0 Å². The van der Waals surface area contributed by atoms with Gasteiger partial charge in [0.1, 0.15) is 12.4 Å². The number of halogens is 2. The van der Waals surface area contributed by atoms with Crippen molar-refractivity contribution in [2.24, 2.45) is 5.92 Å². The second-order valence-electron chi connectivity index (χ2n) is 9.58. The number of hydrogen-bond donors (Lipinski definition) is 0. The summed E-state index contributed by atoms with van der Waals surface area (Å²) in [4.78, 5) is 17.2. The quantitative estimate of drug-likeness (QED) is 0.236. The van der Waals surface area contributed by atoms with Crippen LogP contribution in [0.4, 0.5) is 0 Å². The molecule has 1 aliphatic rings. The van der Waals surface area contributed by atoms with Gasteiger partial charge in [-0.25, -0.2) is 0 Å². The van der Waals surface area contributed by atoms with Crippen molar-refractivity contribution in [2.75, 3.05) is 26.2 Å². The number of likely N-dealkylation sites (tertiary alicyclic amines) is 1. The molecule has 0 spiro atoms. The lowest BCUT2D eigenvalue weighted by Crippen LogP contribution is -2.50. The number of hydrogen-bond acceptors (Lipinski definition) is 3. The van der Waals surface area contributed by atoms with Crippen LogP contribution in [0.2, 0.25) is 10.0 Å². The van der Waals surface area contributed by atoms with E-state index in [2.05, 4.69) is 42.7 Å². The fourth-order valence-electron chi connectivity index (χ4n) is 4.68. The van der Waals surface area contributed by atoms with Crippen LogP contribution in [0.3, 0.4) is 0 Å². The molecule has 0 unspecified atom stereocenters. The van der Waals surface area contributed by atoms with Gasteiger partial charge < -0.3 is 14.5 Å². The molecule has 0 radical (unpaired) electrons. The number of rotatable bonds is 12. The largest absolute Gasteiger partial charge is 0.487 e. The standard InChI is InChI=1S/C31H34Cl2N2O2/c1-3-16-34(23(2)26-11-5-4-6-12-26)17-8-10-25-20-35(21-25)31(36)27-14-15-30(29(33)19-27)37-22-24-9-7-13-28(32)18-24/h4-7,9,11-15,18-19,25H,2-3,8,10,16-17,20-22H2,1H3. The Morgan fingerprint density at radius 1 is 1.00 bits per heavy atom. The maximum Gasteiger partial charge on any atom is 0.253 e. The summed E-state index contributed by atoms with van der Waals surface area (Å²) in [5.74, 6) is 1.10. The van der Waals surface area contributed by atoms with E-state index in [1.807, 2.05) is 35.2 Å². The first kappa shape index (κ1) is 27.1. The Kier molecular flexibility index (Phi) is 9.54. The van der Waals surface area contributed by atoms with E-state index >= 15 is 0 Å². The van der Waals surface area contributed by atoms with Crippen LogP contribution in [0, 0.1) is 5.92 Å². The zero-order chi connectivity index (χ0) is 26.2. The molecule has 0 atom stereocenters. The van der Waals surface area contributed by atoms with Gasteiger partial charge in [0, 0.05) is 42.5 Å². The lowest BCUT2D eigenvalue weighted by molar-refractivity contribution is 0.0478. The number of carbonyl (C=O) groups excluding carboxylic acids is 1. The Balaban J connectivity index is 1.22. The molecule has 37 heavy (non-hydrogen) atoms. The molecule has 0 saturated carbocycles. The zero-order valence-electron chi connectivity index (χ0n) is 21.3. The molecular weight excluding hydrogens is 503 g/mol. The minimum absolute atomic E-state index is 0.0182. The van der Waals surface area contributed by atoms with Crippen LogP contribution in [0.5, 0.6) is 5.75 Å². The van der Waals surface area contributed by atoms with E-state index in [4.69, 9.17) is 27.9 Å². The molecule has 1 amide bonds. The van der Waals surface area contributed by atoms with Gasteiger partial charge in [0.2, 0.25) is 0 Å². The molecule has 4 rings (SSSR count). The summed E-state index contributed by atoms with van der Waals surface area (Å²) in [6.07, 6.45) is 3.27. The first-order valence-electron chi connectivity index (χ1n) is 12.9. The molecule has 3 aromatic rings. The Morgan fingerprint density at radius 2 is 1.78 bits per heavy atom. The van der Waals surface area contributed by atoms with Gasteiger partial charge in [-0.15, -0.1) is 0 Å². The molecule has 1 fully saturated rings. The van der Waals surface area contributed by atoms with Gasteiger partial charge >= 0.3 is 0 Å². The third-order valence-electron chi connectivity index (χ3n) is 6.73. The van der Waals surface area contributed by atoms with Crippen LogP contribution in [-0.2, 0) is 6.61 Å². The molecule has 194 valence electrons. The topological polar surface area (TPSA) is 32.8 Å². The lowest BCUT2D eigenvalue weighted by Gasteiger charge is -2.40. The van der Waals surface area contributed by atoms with E-state index in [0.717, 1.165) is 56.7 Å². The van der Waals surface area contributed by atoms with E-state index in [0.29, 0.717) is 33.9 Å². The Bertz CT molecular complexity index is 1210. The molecule has 4 nitrogen and oxygen atoms in total. The van der Waals surface area contributed by atoms with Crippen LogP contribution in [0.15, 0.2) is 79.4 Å². The highest BCUT2D eigenvalue weighted by Crippen LogP contribution is 2.29. The van der Waals surface area contributed by atoms with Crippen LogP contribution >= 0.6 is 23.2 Å². The summed E-state index contributed by atoms with van der Waals surface area (Å²) in [5, 5.41) is 1.09. The van der Waals surface area contributed by atoms with Crippen molar-refractivity contribution in [1.29, 1.82) is 0 Å². The first-order chi connectivity index (χ1) is 17.9. The van der Waals surface area contributed by atoms with Crippen molar-refractivity contribution in [2.45, 2.75) is 32.8 Å². The number of amides is 1. The van der Waals surface area contributed by atoms with E-state index in [1.165, 1.54) is 5.56 Å². The fraction of sp³-hybridized carbons (Fsp3) is 0.323. The van der Waals surface area contributed by atoms with Gasteiger partial charge in [-0.3, -0.25) is 4.79 Å². The summed E-state index contributed by atoms with van der Waals surface area (Å²) in [7, 11) is 0. The summed E-state index contributed by atoms with van der Waals surface area (Å²) in [6.45, 7) is 10.5. The number of ether oxygens (including phenoxy) is 1. The van der Waals surface area contributed by atoms with E-state index in [-0.39, 0.29) is 5.91 Å². The maximum atomic E-state index is 13.0. The lowest BCUT2D eigenvalue weighted by atomic mass is 9.93. The van der Waals surface area contributed by atoms with Crippen molar-refractivity contribution in [3.63, 3.8) is 0 Å². The fourth-order valence-corrected chi connectivity index (χ4v) is 5.12. The Hall–Kier alpha value is -2.95. The van der Waals surface area contributed by atoms with Gasteiger partial charge in [0.05, 0.1) is 5.02 Å². The predicted molar refractivity (Wildman–Crippen MR) is 153 cm³/mol. The third-order valence-corrected chi connectivity index (χ3v) is 7.26. The number of carbonyl (C=O) groups is 1. The highest BCUT2D eigenvalue weighted by molar-refractivity contribution is 6.32. The van der Waals surface area contributed by atoms with E-state index in [9.17, 15) is 4.79 Å². The van der Waals surface area contributed by atoms with Crippen molar-refractivity contribution in [3.05, 3.63) is 106 Å².